The summed E-state index contributed by atoms with van der Waals surface area (Å²) in [6.07, 6.45) is 77.4. The van der Waals surface area contributed by atoms with Crippen LogP contribution >= 0.6 is 0 Å². The molecule has 0 bridgehead atoms. The molecule has 5 nitrogen and oxygen atoms in total. The van der Waals surface area contributed by atoms with Gasteiger partial charge in [-0.25, -0.2) is 0 Å². The molecule has 0 aliphatic heterocycles. The van der Waals surface area contributed by atoms with E-state index in [1.54, 1.807) is 0 Å². The molecule has 0 aliphatic rings. The first-order valence-electron chi connectivity index (χ1n) is 28.5. The fourth-order valence-corrected chi connectivity index (χ4v) is 8.23. The van der Waals surface area contributed by atoms with Crippen LogP contribution < -0.4 is 0 Å². The second-order valence-electron chi connectivity index (χ2n) is 19.0. The summed E-state index contributed by atoms with van der Waals surface area (Å²) in [6, 6.07) is 0. The molecule has 0 aliphatic carbocycles. The Morgan fingerprint density at radius 3 is 0.985 bits per heavy atom. The van der Waals surface area contributed by atoms with Gasteiger partial charge in [0.15, 0.2) is 6.10 Å². The Kier molecular flexibility index (Phi) is 54.4. The van der Waals surface area contributed by atoms with Crippen molar-refractivity contribution in [3.63, 3.8) is 0 Å². The monoisotopic (exact) mass is 921 g/mol. The largest absolute Gasteiger partial charge is 0.462 e. The molecule has 0 aromatic heterocycles. The zero-order chi connectivity index (χ0) is 47.7. The number of unbranched alkanes of at least 4 members (excludes halogenated alkanes) is 32. The fourth-order valence-electron chi connectivity index (χ4n) is 8.23. The Bertz CT molecular complexity index is 1180. The first-order chi connectivity index (χ1) is 32.6. The molecule has 0 radical (unpaired) electrons. The molecule has 0 amide bonds. The second kappa shape index (κ2) is 56.7. The lowest BCUT2D eigenvalue weighted by Crippen LogP contribution is -2.28. The highest BCUT2D eigenvalue weighted by atomic mass is 16.6. The van der Waals surface area contributed by atoms with Gasteiger partial charge in [-0.3, -0.25) is 9.59 Å². The van der Waals surface area contributed by atoms with Gasteiger partial charge in [0.05, 0.1) is 6.61 Å². The van der Waals surface area contributed by atoms with Gasteiger partial charge in [-0.15, -0.1) is 0 Å². The van der Waals surface area contributed by atoms with Crippen molar-refractivity contribution in [3.8, 4) is 0 Å². The van der Waals surface area contributed by atoms with E-state index in [1.807, 2.05) is 0 Å². The molecule has 1 N–H and O–H groups in total. The van der Waals surface area contributed by atoms with E-state index < -0.39 is 6.10 Å². The lowest BCUT2D eigenvalue weighted by Gasteiger charge is -2.15. The van der Waals surface area contributed by atoms with Crippen molar-refractivity contribution in [2.75, 3.05) is 13.2 Å². The number of rotatable bonds is 52. The van der Waals surface area contributed by atoms with Crippen LogP contribution in [0.4, 0.5) is 0 Å². The number of allylic oxidation sites excluding steroid dienone is 12. The van der Waals surface area contributed by atoms with Gasteiger partial charge in [-0.2, -0.15) is 0 Å². The average molecular weight is 922 g/mol. The molecule has 0 heterocycles. The quantitative estimate of drug-likeness (QED) is 0.0374. The molecule has 1 atom stereocenters. The summed E-state index contributed by atoms with van der Waals surface area (Å²) in [7, 11) is 0. The molecule has 0 saturated carbocycles. The summed E-state index contributed by atoms with van der Waals surface area (Å²) in [5.41, 5.74) is 0. The van der Waals surface area contributed by atoms with Gasteiger partial charge in [0.25, 0.3) is 0 Å². The molecule has 0 aromatic rings. The number of carbonyl (C=O) groups excluding carboxylic acids is 2. The van der Waals surface area contributed by atoms with E-state index in [1.165, 1.54) is 180 Å². The van der Waals surface area contributed by atoms with E-state index in [2.05, 4.69) is 86.8 Å². The van der Waals surface area contributed by atoms with Gasteiger partial charge in [0.2, 0.25) is 0 Å². The lowest BCUT2D eigenvalue weighted by molar-refractivity contribution is -0.161. The van der Waals surface area contributed by atoms with E-state index in [9.17, 15) is 14.7 Å². The van der Waals surface area contributed by atoms with E-state index in [-0.39, 0.29) is 25.2 Å². The molecule has 5 heteroatoms. The van der Waals surface area contributed by atoms with Crippen molar-refractivity contribution >= 4 is 11.9 Å². The van der Waals surface area contributed by atoms with Crippen LogP contribution in [0.1, 0.15) is 284 Å². The molecule has 0 rings (SSSR count). The number of esters is 2. The SMILES string of the molecule is CC/C=C\C/C=C\C/C=C\C/C=C\CCCCCCCCCCCCCCCCCCCCCCCCC(=O)OC(CO)COC(=O)CCCCCCCCC/C=C\C/C=C\CCCCC. The molecule has 0 spiro atoms. The molecule has 66 heavy (non-hydrogen) atoms. The Morgan fingerprint density at radius 1 is 0.364 bits per heavy atom. The minimum atomic E-state index is -0.776. The first-order valence-corrected chi connectivity index (χ1v) is 28.5. The third-order valence-corrected chi connectivity index (χ3v) is 12.5. The highest BCUT2D eigenvalue weighted by Gasteiger charge is 2.16. The van der Waals surface area contributed by atoms with Crippen molar-refractivity contribution in [3.05, 3.63) is 72.9 Å². The number of aliphatic hydroxyl groups is 1. The Morgan fingerprint density at radius 2 is 0.652 bits per heavy atom. The summed E-state index contributed by atoms with van der Waals surface area (Å²) in [5, 5.41) is 9.64. The van der Waals surface area contributed by atoms with Crippen LogP contribution in [-0.2, 0) is 19.1 Å². The highest BCUT2D eigenvalue weighted by molar-refractivity contribution is 5.70. The Balaban J connectivity index is 3.43. The summed E-state index contributed by atoms with van der Waals surface area (Å²) < 4.78 is 10.7. The van der Waals surface area contributed by atoms with E-state index in [0.717, 1.165) is 77.0 Å². The highest BCUT2D eigenvalue weighted by Crippen LogP contribution is 2.17. The van der Waals surface area contributed by atoms with Crippen molar-refractivity contribution in [2.24, 2.45) is 0 Å². The van der Waals surface area contributed by atoms with Gasteiger partial charge in [-0.05, 0) is 83.5 Å². The number of aliphatic hydroxyl groups excluding tert-OH is 1. The molecule has 0 saturated heterocycles. The average Bonchev–Trinajstić information content (AvgIpc) is 3.32. The van der Waals surface area contributed by atoms with Crippen LogP contribution in [0.2, 0.25) is 0 Å². The smallest absolute Gasteiger partial charge is 0.306 e. The number of carbonyl (C=O) groups is 2. The van der Waals surface area contributed by atoms with E-state index in [0.29, 0.717) is 12.8 Å². The van der Waals surface area contributed by atoms with Gasteiger partial charge in [0, 0.05) is 12.8 Å². The molecule has 1 unspecified atom stereocenters. The topological polar surface area (TPSA) is 72.8 Å². The molecular weight excluding hydrogens is 813 g/mol. The number of ether oxygens (including phenoxy) is 2. The summed E-state index contributed by atoms with van der Waals surface area (Å²) in [5.74, 6) is -0.590. The Hall–Kier alpha value is -2.66. The van der Waals surface area contributed by atoms with E-state index >= 15 is 0 Å². The van der Waals surface area contributed by atoms with Crippen molar-refractivity contribution in [1.29, 1.82) is 0 Å². The summed E-state index contributed by atoms with van der Waals surface area (Å²) in [6.45, 7) is 4.02. The maximum Gasteiger partial charge on any atom is 0.306 e. The summed E-state index contributed by atoms with van der Waals surface area (Å²) in [4.78, 5) is 24.5. The third-order valence-electron chi connectivity index (χ3n) is 12.5. The van der Waals surface area contributed by atoms with Gasteiger partial charge >= 0.3 is 11.9 Å². The maximum absolute atomic E-state index is 12.3. The molecule has 0 aromatic carbocycles. The number of hydrogen-bond donors (Lipinski definition) is 1. The molecule has 382 valence electrons. The molecule has 0 fully saturated rings. The van der Waals surface area contributed by atoms with Crippen molar-refractivity contribution < 1.29 is 24.2 Å². The first kappa shape index (κ1) is 63.3. The van der Waals surface area contributed by atoms with Crippen molar-refractivity contribution in [2.45, 2.75) is 290 Å². The predicted molar refractivity (Wildman–Crippen MR) is 288 cm³/mol. The molecular formula is C61H108O5. The normalized spacial score (nSPS) is 12.7. The number of hydrogen-bond acceptors (Lipinski definition) is 5. The minimum absolute atomic E-state index is 0.0686. The van der Waals surface area contributed by atoms with Gasteiger partial charge in [0.1, 0.15) is 6.61 Å². The van der Waals surface area contributed by atoms with Crippen LogP contribution in [0.3, 0.4) is 0 Å². The Labute approximate surface area is 410 Å². The summed E-state index contributed by atoms with van der Waals surface area (Å²) >= 11 is 0. The predicted octanol–water partition coefficient (Wildman–Crippen LogP) is 19.2. The standard InChI is InChI=1S/C61H108O5/c1-3-5-7-9-11-13-15-17-19-21-22-23-24-25-26-27-28-29-30-31-32-33-34-35-36-37-38-40-42-44-46-48-50-52-54-56-61(64)66-59(57-62)58-65-60(63)55-53-51-49-47-45-43-41-39-20-18-16-14-12-10-8-6-4-2/h5,7,11-14,17-20,22-23,59,62H,3-4,6,8-10,15-16,21,24-58H2,1-2H3/b7-5-,13-11-,14-12-,19-17-,20-18-,23-22-. The van der Waals surface area contributed by atoms with Crippen LogP contribution in [0.5, 0.6) is 0 Å². The minimum Gasteiger partial charge on any atom is -0.462 e. The van der Waals surface area contributed by atoms with Crippen LogP contribution in [-0.4, -0.2) is 36.4 Å². The van der Waals surface area contributed by atoms with Crippen LogP contribution in [0.15, 0.2) is 72.9 Å². The zero-order valence-electron chi connectivity index (χ0n) is 43.7. The fraction of sp³-hybridized carbons (Fsp3) is 0.770. The van der Waals surface area contributed by atoms with Crippen LogP contribution in [0, 0.1) is 0 Å². The van der Waals surface area contributed by atoms with Gasteiger partial charge < -0.3 is 14.6 Å². The van der Waals surface area contributed by atoms with Gasteiger partial charge in [-0.1, -0.05) is 260 Å². The third kappa shape index (κ3) is 54.0. The lowest BCUT2D eigenvalue weighted by atomic mass is 10.0. The van der Waals surface area contributed by atoms with Crippen molar-refractivity contribution in [1.82, 2.24) is 0 Å². The second-order valence-corrected chi connectivity index (χ2v) is 19.0. The zero-order valence-corrected chi connectivity index (χ0v) is 43.7. The van der Waals surface area contributed by atoms with Crippen LogP contribution in [0.25, 0.3) is 0 Å². The van der Waals surface area contributed by atoms with E-state index in [4.69, 9.17) is 9.47 Å². The maximum atomic E-state index is 12.3.